The normalized spacial score (nSPS) is 25.4. The molecule has 0 spiro atoms. The molecule has 1 aliphatic carbocycles. The van der Waals surface area contributed by atoms with Gasteiger partial charge in [-0.25, -0.2) is 0 Å². The van der Waals surface area contributed by atoms with E-state index >= 15 is 0 Å². The lowest BCUT2D eigenvalue weighted by Crippen LogP contribution is -2.26. The van der Waals surface area contributed by atoms with Crippen molar-refractivity contribution >= 4 is 27.5 Å². The second-order valence-corrected chi connectivity index (χ2v) is 6.16. The molecule has 15 heavy (non-hydrogen) atoms. The second kappa shape index (κ2) is 4.47. The predicted molar refractivity (Wildman–Crippen MR) is 69.5 cm³/mol. The minimum absolute atomic E-state index is 0.693. The molecule has 1 aliphatic rings. The maximum absolute atomic E-state index is 6.23. The van der Waals surface area contributed by atoms with Gasteiger partial charge in [0.15, 0.2) is 0 Å². The minimum atomic E-state index is 0.693. The highest BCUT2D eigenvalue weighted by Gasteiger charge is 2.33. The first-order chi connectivity index (χ1) is 7.08. The fourth-order valence-electron chi connectivity index (χ4n) is 2.29. The van der Waals surface area contributed by atoms with Crippen LogP contribution < -0.4 is 0 Å². The lowest BCUT2D eigenvalue weighted by atomic mass is 9.67. The van der Waals surface area contributed by atoms with Crippen LogP contribution in [-0.2, 0) is 0 Å². The van der Waals surface area contributed by atoms with Crippen molar-refractivity contribution in [3.05, 3.63) is 33.3 Å². The first-order valence-corrected chi connectivity index (χ1v) is 6.70. The van der Waals surface area contributed by atoms with Gasteiger partial charge >= 0.3 is 0 Å². The molecule has 0 N–H and O–H groups in total. The molecule has 0 bridgehead atoms. The van der Waals surface area contributed by atoms with Crippen LogP contribution in [0.25, 0.3) is 0 Å². The zero-order valence-electron chi connectivity index (χ0n) is 9.13. The largest absolute Gasteiger partial charge is 0.0840 e. The molecular weight excluding hydrogens is 271 g/mol. The SMILES string of the molecule is CC(C)[C@H]1C[C@@H](c2ccc(Br)cc2Cl)C1. The Hall–Kier alpha value is -0.0100. The van der Waals surface area contributed by atoms with Crippen molar-refractivity contribution in [3.63, 3.8) is 0 Å². The van der Waals surface area contributed by atoms with Crippen LogP contribution in [-0.4, -0.2) is 0 Å². The van der Waals surface area contributed by atoms with Crippen molar-refractivity contribution in [3.8, 4) is 0 Å². The van der Waals surface area contributed by atoms with Gasteiger partial charge in [-0.3, -0.25) is 0 Å². The van der Waals surface area contributed by atoms with Crippen molar-refractivity contribution < 1.29 is 0 Å². The Kier molecular flexibility index (Phi) is 3.42. The van der Waals surface area contributed by atoms with E-state index in [-0.39, 0.29) is 0 Å². The molecule has 0 nitrogen and oxygen atoms in total. The van der Waals surface area contributed by atoms with Crippen LogP contribution in [0.1, 0.15) is 38.2 Å². The van der Waals surface area contributed by atoms with Crippen LogP contribution in [0.15, 0.2) is 22.7 Å². The smallest absolute Gasteiger partial charge is 0.0452 e. The number of hydrogen-bond acceptors (Lipinski definition) is 0. The average molecular weight is 288 g/mol. The number of halogens is 2. The Labute approximate surface area is 105 Å². The summed E-state index contributed by atoms with van der Waals surface area (Å²) in [5, 5.41) is 0.914. The zero-order chi connectivity index (χ0) is 11.0. The van der Waals surface area contributed by atoms with Gasteiger partial charge in [-0.05, 0) is 48.3 Å². The third-order valence-electron chi connectivity index (χ3n) is 3.52. The van der Waals surface area contributed by atoms with Crippen molar-refractivity contribution in [1.82, 2.24) is 0 Å². The molecular formula is C13H16BrCl. The molecule has 2 heteroatoms. The van der Waals surface area contributed by atoms with Gasteiger partial charge in [-0.1, -0.05) is 47.4 Å². The fraction of sp³-hybridized carbons (Fsp3) is 0.538. The van der Waals surface area contributed by atoms with Crippen LogP contribution >= 0.6 is 27.5 Å². The van der Waals surface area contributed by atoms with E-state index in [2.05, 4.69) is 41.9 Å². The van der Waals surface area contributed by atoms with E-state index in [1.807, 2.05) is 6.07 Å². The van der Waals surface area contributed by atoms with Gasteiger partial charge in [-0.2, -0.15) is 0 Å². The molecule has 0 radical (unpaired) electrons. The Balaban J connectivity index is 2.07. The highest BCUT2D eigenvalue weighted by atomic mass is 79.9. The Bertz CT molecular complexity index is 354. The number of benzene rings is 1. The maximum Gasteiger partial charge on any atom is 0.0452 e. The summed E-state index contributed by atoms with van der Waals surface area (Å²) in [7, 11) is 0. The van der Waals surface area contributed by atoms with Gasteiger partial charge in [0.2, 0.25) is 0 Å². The Morgan fingerprint density at radius 1 is 1.33 bits per heavy atom. The van der Waals surface area contributed by atoms with Crippen molar-refractivity contribution in [1.29, 1.82) is 0 Å². The number of rotatable bonds is 2. The van der Waals surface area contributed by atoms with E-state index in [4.69, 9.17) is 11.6 Å². The van der Waals surface area contributed by atoms with Gasteiger partial charge < -0.3 is 0 Å². The predicted octanol–water partition coefficient (Wildman–Crippen LogP) is 5.25. The Morgan fingerprint density at radius 3 is 2.53 bits per heavy atom. The van der Waals surface area contributed by atoms with Crippen LogP contribution in [0, 0.1) is 11.8 Å². The van der Waals surface area contributed by atoms with Gasteiger partial charge in [-0.15, -0.1) is 0 Å². The van der Waals surface area contributed by atoms with Crippen molar-refractivity contribution in [2.75, 3.05) is 0 Å². The monoisotopic (exact) mass is 286 g/mol. The number of hydrogen-bond donors (Lipinski definition) is 0. The van der Waals surface area contributed by atoms with Crippen molar-refractivity contribution in [2.24, 2.45) is 11.8 Å². The molecule has 0 heterocycles. The van der Waals surface area contributed by atoms with Crippen LogP contribution in [0.5, 0.6) is 0 Å². The summed E-state index contributed by atoms with van der Waals surface area (Å²) in [6, 6.07) is 6.25. The minimum Gasteiger partial charge on any atom is -0.0840 e. The summed E-state index contributed by atoms with van der Waals surface area (Å²) in [6.07, 6.45) is 2.61. The second-order valence-electron chi connectivity index (χ2n) is 4.84. The lowest BCUT2D eigenvalue weighted by molar-refractivity contribution is 0.197. The van der Waals surface area contributed by atoms with E-state index in [0.717, 1.165) is 21.3 Å². The van der Waals surface area contributed by atoms with Crippen LogP contribution in [0.3, 0.4) is 0 Å². The molecule has 2 rings (SSSR count). The average Bonchev–Trinajstić information content (AvgIpc) is 2.05. The van der Waals surface area contributed by atoms with E-state index in [1.165, 1.54) is 18.4 Å². The van der Waals surface area contributed by atoms with Gasteiger partial charge in [0.1, 0.15) is 0 Å². The molecule has 1 fully saturated rings. The standard InChI is InChI=1S/C13H16BrCl/c1-8(2)9-5-10(6-9)12-4-3-11(14)7-13(12)15/h3-4,7-10H,5-6H2,1-2H3/t9-,10+. The summed E-state index contributed by atoms with van der Waals surface area (Å²) in [4.78, 5) is 0. The highest BCUT2D eigenvalue weighted by molar-refractivity contribution is 9.10. The van der Waals surface area contributed by atoms with E-state index in [9.17, 15) is 0 Å². The molecule has 0 saturated heterocycles. The molecule has 0 atom stereocenters. The Morgan fingerprint density at radius 2 is 2.00 bits per heavy atom. The van der Waals surface area contributed by atoms with Crippen molar-refractivity contribution in [2.45, 2.75) is 32.6 Å². The van der Waals surface area contributed by atoms with E-state index in [0.29, 0.717) is 5.92 Å². The summed E-state index contributed by atoms with van der Waals surface area (Å²) < 4.78 is 1.07. The topological polar surface area (TPSA) is 0 Å². The third kappa shape index (κ3) is 2.39. The fourth-order valence-corrected chi connectivity index (χ4v) is 3.12. The maximum atomic E-state index is 6.23. The molecule has 0 unspecified atom stereocenters. The molecule has 0 aromatic heterocycles. The zero-order valence-corrected chi connectivity index (χ0v) is 11.5. The summed E-state index contributed by atoms with van der Waals surface area (Å²) >= 11 is 9.67. The summed E-state index contributed by atoms with van der Waals surface area (Å²) in [5.41, 5.74) is 1.33. The molecule has 1 aromatic rings. The highest BCUT2D eigenvalue weighted by Crippen LogP contribution is 2.47. The summed E-state index contributed by atoms with van der Waals surface area (Å²) in [6.45, 7) is 4.62. The molecule has 0 aliphatic heterocycles. The molecule has 1 saturated carbocycles. The first-order valence-electron chi connectivity index (χ1n) is 5.53. The summed E-state index contributed by atoms with van der Waals surface area (Å²) in [5.74, 6) is 2.41. The third-order valence-corrected chi connectivity index (χ3v) is 4.34. The first kappa shape index (κ1) is 11.5. The van der Waals surface area contributed by atoms with Gasteiger partial charge in [0.25, 0.3) is 0 Å². The van der Waals surface area contributed by atoms with E-state index < -0.39 is 0 Å². The van der Waals surface area contributed by atoms with E-state index in [1.54, 1.807) is 0 Å². The molecule has 82 valence electrons. The molecule has 0 amide bonds. The molecule has 1 aromatic carbocycles. The van der Waals surface area contributed by atoms with Crippen LogP contribution in [0.4, 0.5) is 0 Å². The van der Waals surface area contributed by atoms with Gasteiger partial charge in [0.05, 0.1) is 0 Å². The lowest BCUT2D eigenvalue weighted by Gasteiger charge is -2.38. The van der Waals surface area contributed by atoms with Crippen LogP contribution in [0.2, 0.25) is 5.02 Å². The van der Waals surface area contributed by atoms with Gasteiger partial charge in [0, 0.05) is 9.50 Å². The quantitative estimate of drug-likeness (QED) is 0.696.